The van der Waals surface area contributed by atoms with Gasteiger partial charge in [-0.15, -0.1) is 0 Å². The summed E-state index contributed by atoms with van der Waals surface area (Å²) in [6.45, 7) is -0.0559. The molecule has 0 saturated carbocycles. The second kappa shape index (κ2) is 6.23. The van der Waals surface area contributed by atoms with Gasteiger partial charge in [-0.1, -0.05) is 5.59 Å². The van der Waals surface area contributed by atoms with E-state index in [-0.39, 0.29) is 13.0 Å². The average Bonchev–Trinajstić information content (AvgIpc) is 2.30. The van der Waals surface area contributed by atoms with Crippen molar-refractivity contribution in [2.45, 2.75) is 13.0 Å². The highest BCUT2D eigenvalue weighted by atomic mass is 79.9. The van der Waals surface area contributed by atoms with E-state index in [1.165, 1.54) is 6.20 Å². The molecule has 0 aliphatic heterocycles. The summed E-state index contributed by atoms with van der Waals surface area (Å²) in [5, 5.41) is 10.6. The van der Waals surface area contributed by atoms with Crippen LogP contribution in [0.25, 0.3) is 0 Å². The van der Waals surface area contributed by atoms with Crippen molar-refractivity contribution < 1.29 is 14.6 Å². The SMILES string of the molecule is NNOC(=O)CCn1cc(Br)cc([N+](=O)[O-])c1=O. The summed E-state index contributed by atoms with van der Waals surface area (Å²) in [5.41, 5.74) is 0.336. The third kappa shape index (κ3) is 3.61. The van der Waals surface area contributed by atoms with Gasteiger partial charge in [0.2, 0.25) is 0 Å². The smallest absolute Gasteiger partial charge is 0.335 e. The fourth-order valence-electron chi connectivity index (χ4n) is 1.21. The van der Waals surface area contributed by atoms with E-state index in [1.807, 2.05) is 0 Å². The molecule has 18 heavy (non-hydrogen) atoms. The monoisotopic (exact) mass is 320 g/mol. The van der Waals surface area contributed by atoms with Gasteiger partial charge in [0.15, 0.2) is 0 Å². The van der Waals surface area contributed by atoms with E-state index in [1.54, 1.807) is 5.59 Å². The number of hydrogen-bond donors (Lipinski definition) is 2. The number of hydrogen-bond acceptors (Lipinski definition) is 7. The minimum absolute atomic E-state index is 0.0559. The van der Waals surface area contributed by atoms with Gasteiger partial charge < -0.3 is 9.40 Å². The average molecular weight is 321 g/mol. The van der Waals surface area contributed by atoms with E-state index >= 15 is 0 Å². The molecular weight excluding hydrogens is 312 g/mol. The van der Waals surface area contributed by atoms with Crippen molar-refractivity contribution in [3.8, 4) is 0 Å². The lowest BCUT2D eigenvalue weighted by Crippen LogP contribution is -2.28. The molecule has 98 valence electrons. The van der Waals surface area contributed by atoms with Crippen LogP contribution in [0.3, 0.4) is 0 Å². The molecule has 0 unspecified atom stereocenters. The molecular formula is C8H9BrN4O5. The summed E-state index contributed by atoms with van der Waals surface area (Å²) < 4.78 is 1.40. The molecule has 10 heteroatoms. The minimum Gasteiger partial charge on any atom is -0.356 e. The number of nitrogens with two attached hydrogens (primary N) is 1. The van der Waals surface area contributed by atoms with Gasteiger partial charge in [0.05, 0.1) is 11.3 Å². The summed E-state index contributed by atoms with van der Waals surface area (Å²) in [7, 11) is 0. The molecule has 0 amide bonds. The molecule has 9 nitrogen and oxygen atoms in total. The number of nitrogens with zero attached hydrogens (tertiary/aromatic N) is 2. The Kier molecular flexibility index (Phi) is 4.95. The number of hydrazine groups is 1. The zero-order chi connectivity index (χ0) is 13.7. The van der Waals surface area contributed by atoms with E-state index in [0.29, 0.717) is 4.47 Å². The second-order valence-corrected chi connectivity index (χ2v) is 4.06. The lowest BCUT2D eigenvalue weighted by molar-refractivity contribution is -0.386. The molecule has 0 spiro atoms. The van der Waals surface area contributed by atoms with Gasteiger partial charge in [-0.05, 0) is 15.9 Å². The van der Waals surface area contributed by atoms with Gasteiger partial charge in [0, 0.05) is 23.3 Å². The number of rotatable bonds is 5. The Labute approximate surface area is 109 Å². The molecule has 0 saturated heterocycles. The maximum Gasteiger partial charge on any atom is 0.335 e. The fourth-order valence-corrected chi connectivity index (χ4v) is 1.67. The molecule has 3 N–H and O–H groups in total. The zero-order valence-corrected chi connectivity index (χ0v) is 10.5. The van der Waals surface area contributed by atoms with Gasteiger partial charge in [-0.2, -0.15) is 0 Å². The third-order valence-corrected chi connectivity index (χ3v) is 2.39. The van der Waals surface area contributed by atoms with Crippen LogP contribution in [0.2, 0.25) is 0 Å². The van der Waals surface area contributed by atoms with Crippen LogP contribution in [0.4, 0.5) is 5.69 Å². The first-order chi connectivity index (χ1) is 8.45. The first-order valence-corrected chi connectivity index (χ1v) is 5.44. The van der Waals surface area contributed by atoms with Crippen LogP contribution in [0.1, 0.15) is 6.42 Å². The highest BCUT2D eigenvalue weighted by Crippen LogP contribution is 2.13. The predicted octanol–water partition coefficient (Wildman–Crippen LogP) is -0.169. The Hall–Kier alpha value is -1.78. The predicted molar refractivity (Wildman–Crippen MR) is 63.1 cm³/mol. The fraction of sp³-hybridized carbons (Fsp3) is 0.250. The quantitative estimate of drug-likeness (QED) is 0.437. The molecule has 0 atom stereocenters. The van der Waals surface area contributed by atoms with E-state index in [4.69, 9.17) is 5.84 Å². The van der Waals surface area contributed by atoms with Gasteiger partial charge in [-0.25, -0.2) is 5.84 Å². The Balaban J connectivity index is 2.93. The van der Waals surface area contributed by atoms with Crippen molar-refractivity contribution in [3.05, 3.63) is 37.2 Å². The van der Waals surface area contributed by atoms with Gasteiger partial charge in [-0.3, -0.25) is 19.7 Å². The van der Waals surface area contributed by atoms with E-state index in [2.05, 4.69) is 20.8 Å². The molecule has 0 aliphatic rings. The summed E-state index contributed by atoms with van der Waals surface area (Å²) in [6.07, 6.45) is 1.19. The normalized spacial score (nSPS) is 10.1. The Morgan fingerprint density at radius 3 is 2.89 bits per heavy atom. The number of nitrogens with one attached hydrogen (secondary N) is 1. The molecule has 0 bridgehead atoms. The molecule has 0 fully saturated rings. The maximum atomic E-state index is 11.6. The van der Waals surface area contributed by atoms with Crippen LogP contribution in [0.5, 0.6) is 0 Å². The highest BCUT2D eigenvalue weighted by molar-refractivity contribution is 9.10. The van der Waals surface area contributed by atoms with Gasteiger partial charge >= 0.3 is 17.2 Å². The lowest BCUT2D eigenvalue weighted by Gasteiger charge is -2.05. The number of carbonyl (C=O) groups is 1. The van der Waals surface area contributed by atoms with Gasteiger partial charge in [0.1, 0.15) is 0 Å². The number of halogens is 1. The van der Waals surface area contributed by atoms with Crippen molar-refractivity contribution in [1.29, 1.82) is 0 Å². The Bertz CT molecular complexity index is 529. The number of pyridine rings is 1. The van der Waals surface area contributed by atoms with Crippen LogP contribution in [0.15, 0.2) is 21.5 Å². The summed E-state index contributed by atoms with van der Waals surface area (Å²) in [4.78, 5) is 36.7. The Morgan fingerprint density at radius 2 is 2.33 bits per heavy atom. The molecule has 1 aromatic rings. The largest absolute Gasteiger partial charge is 0.356 e. The zero-order valence-electron chi connectivity index (χ0n) is 8.96. The maximum absolute atomic E-state index is 11.6. The van der Waals surface area contributed by atoms with Crippen molar-refractivity contribution in [1.82, 2.24) is 10.2 Å². The van der Waals surface area contributed by atoms with Crippen LogP contribution in [-0.4, -0.2) is 15.5 Å². The van der Waals surface area contributed by atoms with Gasteiger partial charge in [0.25, 0.3) is 0 Å². The molecule has 0 aliphatic carbocycles. The van der Waals surface area contributed by atoms with E-state index in [9.17, 15) is 19.7 Å². The lowest BCUT2D eigenvalue weighted by atomic mass is 10.3. The molecule has 1 rings (SSSR count). The molecule has 0 aromatic carbocycles. The summed E-state index contributed by atoms with van der Waals surface area (Å²) in [6, 6.07) is 1.10. The number of aromatic nitrogens is 1. The second-order valence-electron chi connectivity index (χ2n) is 3.14. The van der Waals surface area contributed by atoms with Crippen LogP contribution in [-0.2, 0) is 16.2 Å². The standard InChI is InChI=1S/C8H9BrN4O5/c9-5-3-6(13(16)17)8(15)12(4-5)2-1-7(14)18-11-10/h3-4,11H,1-2,10H2. The number of aryl methyl sites for hydroxylation is 1. The third-order valence-electron chi connectivity index (χ3n) is 1.96. The minimum atomic E-state index is -0.795. The van der Waals surface area contributed by atoms with E-state index in [0.717, 1.165) is 10.6 Å². The summed E-state index contributed by atoms with van der Waals surface area (Å²) in [5.74, 6) is 4.07. The van der Waals surface area contributed by atoms with E-state index < -0.39 is 22.1 Å². The summed E-state index contributed by atoms with van der Waals surface area (Å²) >= 11 is 3.04. The Morgan fingerprint density at radius 1 is 1.67 bits per heavy atom. The number of nitro groups is 1. The van der Waals surface area contributed by atoms with Crippen LogP contribution in [0, 0.1) is 10.1 Å². The highest BCUT2D eigenvalue weighted by Gasteiger charge is 2.16. The molecule has 0 radical (unpaired) electrons. The van der Waals surface area contributed by atoms with Crippen molar-refractivity contribution in [2.75, 3.05) is 0 Å². The van der Waals surface area contributed by atoms with Crippen molar-refractivity contribution in [3.63, 3.8) is 0 Å². The first kappa shape index (κ1) is 14.3. The number of carbonyl (C=O) groups excluding carboxylic acids is 1. The van der Waals surface area contributed by atoms with Crippen LogP contribution < -0.4 is 17.0 Å². The molecule has 1 heterocycles. The first-order valence-electron chi connectivity index (χ1n) is 4.65. The topological polar surface area (TPSA) is 129 Å². The van der Waals surface area contributed by atoms with Crippen molar-refractivity contribution >= 4 is 27.6 Å². The molecule has 1 aromatic heterocycles. The van der Waals surface area contributed by atoms with Crippen molar-refractivity contribution in [2.24, 2.45) is 5.84 Å². The van der Waals surface area contributed by atoms with Crippen LogP contribution >= 0.6 is 15.9 Å².